The van der Waals surface area contributed by atoms with Crippen molar-refractivity contribution in [2.45, 2.75) is 45.1 Å². The molecule has 1 aromatic heterocycles. The highest BCUT2D eigenvalue weighted by atomic mass is 15.0. The number of nitrogens with one attached hydrogen (secondary N) is 1. The van der Waals surface area contributed by atoms with Crippen molar-refractivity contribution in [1.29, 1.82) is 0 Å². The van der Waals surface area contributed by atoms with E-state index in [1.807, 2.05) is 6.20 Å². The number of hydrogen-bond donors (Lipinski definition) is 1. The van der Waals surface area contributed by atoms with Gasteiger partial charge in [-0.3, -0.25) is 0 Å². The molecule has 1 N–H and O–H groups in total. The Kier molecular flexibility index (Phi) is 3.42. The smallest absolute Gasteiger partial charge is 0.109 e. The molecule has 0 radical (unpaired) electrons. The Morgan fingerprint density at radius 3 is 2.78 bits per heavy atom. The van der Waals surface area contributed by atoms with Crippen LogP contribution in [0.2, 0.25) is 0 Å². The van der Waals surface area contributed by atoms with Gasteiger partial charge < -0.3 is 9.88 Å². The molecular formula is C15H25N3. The summed E-state index contributed by atoms with van der Waals surface area (Å²) in [6.07, 6.45) is 10.7. The molecule has 3 heteroatoms. The van der Waals surface area contributed by atoms with E-state index in [2.05, 4.69) is 35.0 Å². The summed E-state index contributed by atoms with van der Waals surface area (Å²) in [6.45, 7) is 3.39. The minimum Gasteiger partial charge on any atom is -0.338 e. The summed E-state index contributed by atoms with van der Waals surface area (Å²) in [4.78, 5) is 4.49. The predicted octanol–water partition coefficient (Wildman–Crippen LogP) is 2.38. The van der Waals surface area contributed by atoms with Crippen LogP contribution in [-0.2, 0) is 13.5 Å². The second-order valence-corrected chi connectivity index (χ2v) is 6.21. The first-order chi connectivity index (χ1) is 8.78. The van der Waals surface area contributed by atoms with Crippen molar-refractivity contribution in [2.75, 3.05) is 6.54 Å². The molecule has 0 spiro atoms. The maximum Gasteiger partial charge on any atom is 0.109 e. The van der Waals surface area contributed by atoms with E-state index in [1.165, 1.54) is 31.5 Å². The van der Waals surface area contributed by atoms with Crippen molar-refractivity contribution < 1.29 is 0 Å². The van der Waals surface area contributed by atoms with E-state index in [-0.39, 0.29) is 0 Å². The van der Waals surface area contributed by atoms with Crippen LogP contribution in [0, 0.1) is 17.8 Å². The SMILES string of the molecule is CCCNC(Cc1nccn1C)C1CC2CC2C1. The molecule has 3 rings (SSSR count). The lowest BCUT2D eigenvalue weighted by Crippen LogP contribution is -2.38. The van der Waals surface area contributed by atoms with E-state index in [1.54, 1.807) is 0 Å². The Hall–Kier alpha value is -0.830. The molecule has 100 valence electrons. The van der Waals surface area contributed by atoms with Gasteiger partial charge in [0.05, 0.1) is 0 Å². The van der Waals surface area contributed by atoms with E-state index < -0.39 is 0 Å². The molecule has 3 unspecified atom stereocenters. The van der Waals surface area contributed by atoms with Gasteiger partial charge in [-0.25, -0.2) is 4.98 Å². The average molecular weight is 247 g/mol. The van der Waals surface area contributed by atoms with Crippen LogP contribution in [0.1, 0.15) is 38.4 Å². The minimum atomic E-state index is 0.638. The third-order valence-corrected chi connectivity index (χ3v) is 4.83. The zero-order chi connectivity index (χ0) is 12.5. The van der Waals surface area contributed by atoms with E-state index in [0.717, 1.165) is 30.7 Å². The largest absolute Gasteiger partial charge is 0.338 e. The normalized spacial score (nSPS) is 31.3. The Bertz CT molecular complexity index is 388. The molecule has 1 heterocycles. The molecular weight excluding hydrogens is 222 g/mol. The van der Waals surface area contributed by atoms with Gasteiger partial charge >= 0.3 is 0 Å². The zero-order valence-electron chi connectivity index (χ0n) is 11.6. The molecule has 0 bridgehead atoms. The molecule has 1 aromatic rings. The van der Waals surface area contributed by atoms with Crippen LogP contribution in [-0.4, -0.2) is 22.1 Å². The third kappa shape index (κ3) is 2.46. The highest BCUT2D eigenvalue weighted by Gasteiger charge is 2.47. The zero-order valence-corrected chi connectivity index (χ0v) is 11.6. The van der Waals surface area contributed by atoms with Gasteiger partial charge in [-0.2, -0.15) is 0 Å². The number of fused-ring (bicyclic) bond motifs is 1. The highest BCUT2D eigenvalue weighted by molar-refractivity contribution is 5.03. The van der Waals surface area contributed by atoms with Crippen molar-refractivity contribution in [2.24, 2.45) is 24.8 Å². The van der Waals surface area contributed by atoms with E-state index in [0.29, 0.717) is 6.04 Å². The van der Waals surface area contributed by atoms with Crippen molar-refractivity contribution in [1.82, 2.24) is 14.9 Å². The van der Waals surface area contributed by atoms with E-state index >= 15 is 0 Å². The monoisotopic (exact) mass is 247 g/mol. The van der Waals surface area contributed by atoms with Gasteiger partial charge in [0.25, 0.3) is 0 Å². The first-order valence-electron chi connectivity index (χ1n) is 7.47. The average Bonchev–Trinajstić information content (AvgIpc) is 2.79. The Morgan fingerprint density at radius 2 is 2.17 bits per heavy atom. The number of hydrogen-bond acceptors (Lipinski definition) is 2. The maximum absolute atomic E-state index is 4.49. The molecule has 18 heavy (non-hydrogen) atoms. The summed E-state index contributed by atoms with van der Waals surface area (Å²) in [5.41, 5.74) is 0. The standard InChI is InChI=1S/C15H25N3/c1-3-4-16-14(10-15-17-5-6-18(15)2)13-8-11-7-12(11)9-13/h5-6,11-14,16H,3-4,7-10H2,1-2H3. The first-order valence-corrected chi connectivity index (χ1v) is 7.47. The number of rotatable bonds is 6. The second-order valence-electron chi connectivity index (χ2n) is 6.21. The molecule has 0 saturated heterocycles. The first kappa shape index (κ1) is 12.2. The van der Waals surface area contributed by atoms with Crippen LogP contribution >= 0.6 is 0 Å². The number of aromatic nitrogens is 2. The molecule has 2 saturated carbocycles. The van der Waals surface area contributed by atoms with Gasteiger partial charge in [0.15, 0.2) is 0 Å². The summed E-state index contributed by atoms with van der Waals surface area (Å²) in [7, 11) is 2.10. The lowest BCUT2D eigenvalue weighted by Gasteiger charge is -2.26. The lowest BCUT2D eigenvalue weighted by molar-refractivity contribution is 0.327. The quantitative estimate of drug-likeness (QED) is 0.836. The minimum absolute atomic E-state index is 0.638. The topological polar surface area (TPSA) is 29.9 Å². The van der Waals surface area contributed by atoms with Crippen molar-refractivity contribution in [3.8, 4) is 0 Å². The van der Waals surface area contributed by atoms with Crippen molar-refractivity contribution in [3.63, 3.8) is 0 Å². The van der Waals surface area contributed by atoms with Gasteiger partial charge in [-0.15, -0.1) is 0 Å². The molecule has 0 aromatic carbocycles. The molecule has 0 amide bonds. The van der Waals surface area contributed by atoms with Crippen LogP contribution < -0.4 is 5.32 Å². The van der Waals surface area contributed by atoms with E-state index in [4.69, 9.17) is 0 Å². The number of aryl methyl sites for hydroxylation is 1. The van der Waals surface area contributed by atoms with Gasteiger partial charge in [-0.05, 0) is 50.0 Å². The second kappa shape index (κ2) is 5.04. The molecule has 2 fully saturated rings. The number of imidazole rings is 1. The van der Waals surface area contributed by atoms with Crippen LogP contribution in [0.25, 0.3) is 0 Å². The fraction of sp³-hybridized carbons (Fsp3) is 0.800. The van der Waals surface area contributed by atoms with Crippen molar-refractivity contribution >= 4 is 0 Å². The third-order valence-electron chi connectivity index (χ3n) is 4.83. The van der Waals surface area contributed by atoms with Crippen LogP contribution in [0.3, 0.4) is 0 Å². The Labute approximate surface area is 110 Å². The summed E-state index contributed by atoms with van der Waals surface area (Å²) in [5, 5.41) is 3.76. The van der Waals surface area contributed by atoms with Gasteiger partial charge in [0.1, 0.15) is 5.82 Å². The summed E-state index contributed by atoms with van der Waals surface area (Å²) in [6, 6.07) is 0.638. The Morgan fingerprint density at radius 1 is 1.39 bits per heavy atom. The number of nitrogens with zero attached hydrogens (tertiary/aromatic N) is 2. The summed E-state index contributed by atoms with van der Waals surface area (Å²) in [5.74, 6) is 4.26. The van der Waals surface area contributed by atoms with E-state index in [9.17, 15) is 0 Å². The van der Waals surface area contributed by atoms with Gasteiger partial charge in [-0.1, -0.05) is 6.92 Å². The van der Waals surface area contributed by atoms with Crippen LogP contribution in [0.4, 0.5) is 0 Å². The molecule has 3 atom stereocenters. The fourth-order valence-electron chi connectivity index (χ4n) is 3.62. The summed E-state index contributed by atoms with van der Waals surface area (Å²) >= 11 is 0. The lowest BCUT2D eigenvalue weighted by atomic mass is 9.91. The molecule has 2 aliphatic rings. The van der Waals surface area contributed by atoms with Crippen LogP contribution in [0.15, 0.2) is 12.4 Å². The predicted molar refractivity (Wildman–Crippen MR) is 73.3 cm³/mol. The molecule has 3 nitrogen and oxygen atoms in total. The Balaban J connectivity index is 1.63. The molecule has 2 aliphatic carbocycles. The van der Waals surface area contributed by atoms with Crippen molar-refractivity contribution in [3.05, 3.63) is 18.2 Å². The fourth-order valence-corrected chi connectivity index (χ4v) is 3.62. The van der Waals surface area contributed by atoms with Gasteiger partial charge in [0.2, 0.25) is 0 Å². The van der Waals surface area contributed by atoms with Gasteiger partial charge in [0, 0.05) is 31.9 Å². The maximum atomic E-state index is 4.49. The van der Waals surface area contributed by atoms with Crippen LogP contribution in [0.5, 0.6) is 0 Å². The molecule has 0 aliphatic heterocycles. The summed E-state index contributed by atoms with van der Waals surface area (Å²) < 4.78 is 2.16. The highest BCUT2D eigenvalue weighted by Crippen LogP contribution is 2.55.